The van der Waals surface area contributed by atoms with Crippen molar-refractivity contribution < 1.29 is 9.59 Å². The van der Waals surface area contributed by atoms with Crippen molar-refractivity contribution in [2.45, 2.75) is 32.7 Å². The first-order valence-electron chi connectivity index (χ1n) is 8.07. The van der Waals surface area contributed by atoms with Crippen molar-refractivity contribution in [1.82, 2.24) is 19.9 Å². The Bertz CT molecular complexity index is 756. The summed E-state index contributed by atoms with van der Waals surface area (Å²) in [5, 5.41) is 8.19. The minimum Gasteiger partial charge on any atom is -0.369 e. The molecule has 1 saturated heterocycles. The SMILES string of the molecule is Cc1c(C(=O)N2C[C@H](C(N)=O)CC[C@H]2C)nnn1-c1ccccc1. The average Bonchev–Trinajstić information content (AvgIpc) is 2.97. The van der Waals surface area contributed by atoms with Gasteiger partial charge >= 0.3 is 0 Å². The molecule has 7 nitrogen and oxygen atoms in total. The largest absolute Gasteiger partial charge is 0.369 e. The van der Waals surface area contributed by atoms with Gasteiger partial charge in [-0.15, -0.1) is 5.10 Å². The molecule has 2 amide bonds. The Morgan fingerprint density at radius 1 is 1.21 bits per heavy atom. The molecule has 1 fully saturated rings. The van der Waals surface area contributed by atoms with Gasteiger partial charge in [0, 0.05) is 12.6 Å². The topological polar surface area (TPSA) is 94.1 Å². The highest BCUT2D eigenvalue weighted by Gasteiger charge is 2.34. The molecular formula is C17H21N5O2. The third-order valence-electron chi connectivity index (χ3n) is 4.64. The fraction of sp³-hybridized carbons (Fsp3) is 0.412. The summed E-state index contributed by atoms with van der Waals surface area (Å²) in [7, 11) is 0. The second-order valence-electron chi connectivity index (χ2n) is 6.25. The summed E-state index contributed by atoms with van der Waals surface area (Å²) in [5.41, 5.74) is 7.26. The number of primary amides is 1. The molecule has 0 unspecified atom stereocenters. The number of hydrogen-bond donors (Lipinski definition) is 1. The molecule has 126 valence electrons. The first kappa shape index (κ1) is 16.2. The lowest BCUT2D eigenvalue weighted by Gasteiger charge is -2.36. The van der Waals surface area contributed by atoms with Gasteiger partial charge in [0.25, 0.3) is 5.91 Å². The molecule has 2 N–H and O–H groups in total. The zero-order valence-electron chi connectivity index (χ0n) is 13.8. The Kier molecular flexibility index (Phi) is 4.33. The number of piperidine rings is 1. The number of aromatic nitrogens is 3. The third-order valence-corrected chi connectivity index (χ3v) is 4.64. The normalized spacial score (nSPS) is 20.8. The first-order valence-corrected chi connectivity index (χ1v) is 8.07. The molecule has 2 aromatic rings. The van der Waals surface area contributed by atoms with Gasteiger partial charge in [-0.2, -0.15) is 0 Å². The molecule has 2 atom stereocenters. The Balaban J connectivity index is 1.87. The summed E-state index contributed by atoms with van der Waals surface area (Å²) >= 11 is 0. The van der Waals surface area contributed by atoms with Crippen LogP contribution in [0.4, 0.5) is 0 Å². The molecule has 7 heteroatoms. The summed E-state index contributed by atoms with van der Waals surface area (Å²) < 4.78 is 1.65. The van der Waals surface area contributed by atoms with Gasteiger partial charge in [0.2, 0.25) is 5.91 Å². The van der Waals surface area contributed by atoms with E-state index < -0.39 is 0 Å². The fourth-order valence-corrected chi connectivity index (χ4v) is 3.10. The summed E-state index contributed by atoms with van der Waals surface area (Å²) in [4.78, 5) is 26.1. The number of nitrogens with two attached hydrogens (primary N) is 1. The van der Waals surface area contributed by atoms with E-state index in [0.717, 1.165) is 18.5 Å². The van der Waals surface area contributed by atoms with E-state index in [-0.39, 0.29) is 23.8 Å². The van der Waals surface area contributed by atoms with Crippen molar-refractivity contribution in [3.8, 4) is 5.69 Å². The Morgan fingerprint density at radius 3 is 2.58 bits per heavy atom. The number of rotatable bonds is 3. The van der Waals surface area contributed by atoms with E-state index in [9.17, 15) is 9.59 Å². The number of likely N-dealkylation sites (tertiary alicyclic amines) is 1. The van der Waals surface area contributed by atoms with Crippen molar-refractivity contribution in [3.63, 3.8) is 0 Å². The molecule has 0 radical (unpaired) electrons. The van der Waals surface area contributed by atoms with E-state index in [4.69, 9.17) is 5.73 Å². The second-order valence-corrected chi connectivity index (χ2v) is 6.25. The van der Waals surface area contributed by atoms with E-state index in [1.165, 1.54) is 0 Å². The molecule has 0 spiro atoms. The zero-order valence-corrected chi connectivity index (χ0v) is 13.8. The molecule has 1 aliphatic heterocycles. The highest BCUT2D eigenvalue weighted by Crippen LogP contribution is 2.24. The summed E-state index contributed by atoms with van der Waals surface area (Å²) in [5.74, 6) is -0.855. The van der Waals surface area contributed by atoms with Crippen LogP contribution in [0.15, 0.2) is 30.3 Å². The van der Waals surface area contributed by atoms with E-state index >= 15 is 0 Å². The average molecular weight is 327 g/mol. The number of carbonyl (C=O) groups excluding carboxylic acids is 2. The Morgan fingerprint density at radius 2 is 1.92 bits per heavy atom. The minimum atomic E-state index is -0.357. The molecular weight excluding hydrogens is 306 g/mol. The molecule has 0 aliphatic carbocycles. The summed E-state index contributed by atoms with van der Waals surface area (Å²) in [6, 6.07) is 9.59. The van der Waals surface area contributed by atoms with Crippen LogP contribution in [-0.2, 0) is 4.79 Å². The van der Waals surface area contributed by atoms with Crippen molar-refractivity contribution in [3.05, 3.63) is 41.7 Å². The van der Waals surface area contributed by atoms with Crippen LogP contribution in [0.5, 0.6) is 0 Å². The molecule has 0 saturated carbocycles. The van der Waals surface area contributed by atoms with Crippen LogP contribution >= 0.6 is 0 Å². The quantitative estimate of drug-likeness (QED) is 0.919. The number of nitrogens with zero attached hydrogens (tertiary/aromatic N) is 4. The molecule has 0 bridgehead atoms. The number of carbonyl (C=O) groups is 2. The van der Waals surface area contributed by atoms with Crippen LogP contribution in [0, 0.1) is 12.8 Å². The lowest BCUT2D eigenvalue weighted by atomic mass is 9.92. The summed E-state index contributed by atoms with van der Waals surface area (Å²) in [6.07, 6.45) is 1.47. The van der Waals surface area contributed by atoms with Gasteiger partial charge in [0.05, 0.1) is 17.3 Å². The van der Waals surface area contributed by atoms with Crippen LogP contribution in [-0.4, -0.2) is 44.3 Å². The second kappa shape index (κ2) is 6.43. The smallest absolute Gasteiger partial charge is 0.276 e. The number of hydrogen-bond acceptors (Lipinski definition) is 4. The molecule has 1 aliphatic rings. The monoisotopic (exact) mass is 327 g/mol. The predicted octanol–water partition coefficient (Wildman–Crippen LogP) is 1.30. The zero-order chi connectivity index (χ0) is 17.3. The van der Waals surface area contributed by atoms with Gasteiger partial charge in [-0.3, -0.25) is 9.59 Å². The fourth-order valence-electron chi connectivity index (χ4n) is 3.10. The van der Waals surface area contributed by atoms with Gasteiger partial charge < -0.3 is 10.6 Å². The third kappa shape index (κ3) is 2.89. The number of amides is 2. The van der Waals surface area contributed by atoms with E-state index in [1.807, 2.05) is 44.2 Å². The first-order chi connectivity index (χ1) is 11.5. The van der Waals surface area contributed by atoms with E-state index in [0.29, 0.717) is 17.9 Å². The maximum absolute atomic E-state index is 12.9. The highest BCUT2D eigenvalue weighted by molar-refractivity contribution is 5.94. The van der Waals surface area contributed by atoms with Crippen LogP contribution in [0.2, 0.25) is 0 Å². The highest BCUT2D eigenvalue weighted by atomic mass is 16.2. The standard InChI is InChI=1S/C17H21N5O2/c1-11-8-9-13(16(18)23)10-21(11)17(24)15-12(2)22(20-19-15)14-6-4-3-5-7-14/h3-7,11,13H,8-10H2,1-2H3,(H2,18,23)/t11-,13-/m1/s1. The Labute approximate surface area is 140 Å². The molecule has 2 heterocycles. The maximum Gasteiger partial charge on any atom is 0.276 e. The lowest BCUT2D eigenvalue weighted by Crippen LogP contribution is -2.48. The van der Waals surface area contributed by atoms with Crippen LogP contribution in [0.1, 0.15) is 35.9 Å². The Hall–Kier alpha value is -2.70. The van der Waals surface area contributed by atoms with Gasteiger partial charge in [-0.1, -0.05) is 23.4 Å². The predicted molar refractivity (Wildman–Crippen MR) is 88.5 cm³/mol. The number of para-hydroxylation sites is 1. The van der Waals surface area contributed by atoms with Crippen molar-refractivity contribution in [2.24, 2.45) is 11.7 Å². The minimum absolute atomic E-state index is 0.0503. The summed E-state index contributed by atoms with van der Waals surface area (Å²) in [6.45, 7) is 4.14. The van der Waals surface area contributed by atoms with E-state index in [2.05, 4.69) is 10.3 Å². The molecule has 24 heavy (non-hydrogen) atoms. The lowest BCUT2D eigenvalue weighted by molar-refractivity contribution is -0.123. The molecule has 1 aromatic carbocycles. The van der Waals surface area contributed by atoms with Gasteiger partial charge in [-0.25, -0.2) is 4.68 Å². The number of benzene rings is 1. The van der Waals surface area contributed by atoms with Crippen molar-refractivity contribution >= 4 is 11.8 Å². The molecule has 1 aromatic heterocycles. The van der Waals surface area contributed by atoms with Crippen LogP contribution in [0.25, 0.3) is 5.69 Å². The van der Waals surface area contributed by atoms with Gasteiger partial charge in [-0.05, 0) is 38.8 Å². The van der Waals surface area contributed by atoms with Gasteiger partial charge in [0.1, 0.15) is 0 Å². The van der Waals surface area contributed by atoms with Crippen molar-refractivity contribution in [1.29, 1.82) is 0 Å². The van der Waals surface area contributed by atoms with Crippen LogP contribution < -0.4 is 5.73 Å². The van der Waals surface area contributed by atoms with Crippen LogP contribution in [0.3, 0.4) is 0 Å². The maximum atomic E-state index is 12.9. The molecule has 3 rings (SSSR count). The van der Waals surface area contributed by atoms with Crippen molar-refractivity contribution in [2.75, 3.05) is 6.54 Å². The van der Waals surface area contributed by atoms with Gasteiger partial charge in [0.15, 0.2) is 5.69 Å². The van der Waals surface area contributed by atoms with E-state index in [1.54, 1.807) is 9.58 Å².